The maximum Gasteiger partial charge on any atom is 0.259 e. The summed E-state index contributed by atoms with van der Waals surface area (Å²) in [7, 11) is 0. The average Bonchev–Trinajstić information content (AvgIpc) is 2.90. The number of rotatable bonds is 2. The Morgan fingerprint density at radius 1 is 1.33 bits per heavy atom. The lowest BCUT2D eigenvalue weighted by Gasteiger charge is -2.03. The Morgan fingerprint density at radius 2 is 2.14 bits per heavy atom. The van der Waals surface area contributed by atoms with Crippen molar-refractivity contribution in [3.05, 3.63) is 61.4 Å². The zero-order chi connectivity index (χ0) is 15.0. The number of H-pyrrole nitrogens is 1. The van der Waals surface area contributed by atoms with Crippen LogP contribution in [0.15, 0.2) is 34.4 Å². The van der Waals surface area contributed by atoms with Gasteiger partial charge in [0.25, 0.3) is 5.56 Å². The fourth-order valence-corrected chi connectivity index (χ4v) is 3.20. The first-order chi connectivity index (χ1) is 10.0. The van der Waals surface area contributed by atoms with Gasteiger partial charge in [0.1, 0.15) is 10.7 Å². The summed E-state index contributed by atoms with van der Waals surface area (Å²) in [4.78, 5) is 19.9. The smallest absolute Gasteiger partial charge is 0.259 e. The number of benzene rings is 1. The average molecular weight is 337 g/mol. The van der Waals surface area contributed by atoms with Crippen molar-refractivity contribution in [2.45, 2.75) is 6.92 Å². The second kappa shape index (κ2) is 5.64. The van der Waals surface area contributed by atoms with Gasteiger partial charge in [-0.2, -0.15) is 0 Å². The number of hydrogen-bond acceptors (Lipinski definition) is 3. The number of aromatic nitrogens is 2. The van der Waals surface area contributed by atoms with Crippen molar-refractivity contribution in [2.75, 3.05) is 0 Å². The Bertz CT molecular complexity index is 911. The van der Waals surface area contributed by atoms with Crippen molar-refractivity contribution in [1.82, 2.24) is 9.97 Å². The number of fused-ring (bicyclic) bond motifs is 1. The van der Waals surface area contributed by atoms with Crippen LogP contribution in [0.25, 0.3) is 21.9 Å². The molecule has 2 aromatic heterocycles. The number of hydrogen-bond donors (Lipinski definition) is 1. The standard InChI is InChI=1S/C15H10Cl2N2OS/c1-8(6-9-2-3-10(16)7-12(9)17)13-18-14(20)11-4-5-21-15(11)19-13/h2-7H,1H3,(H,18,19,20). The minimum absolute atomic E-state index is 0.133. The molecule has 3 aromatic rings. The molecule has 21 heavy (non-hydrogen) atoms. The fraction of sp³-hybridized carbons (Fsp3) is 0.0667. The minimum atomic E-state index is -0.133. The topological polar surface area (TPSA) is 45.8 Å². The summed E-state index contributed by atoms with van der Waals surface area (Å²) in [6.45, 7) is 1.88. The Morgan fingerprint density at radius 3 is 2.90 bits per heavy atom. The van der Waals surface area contributed by atoms with Gasteiger partial charge in [-0.3, -0.25) is 4.79 Å². The zero-order valence-electron chi connectivity index (χ0n) is 11.0. The predicted molar refractivity (Wildman–Crippen MR) is 90.2 cm³/mol. The third-order valence-electron chi connectivity index (χ3n) is 3.04. The van der Waals surface area contributed by atoms with E-state index in [1.165, 1.54) is 11.3 Å². The zero-order valence-corrected chi connectivity index (χ0v) is 13.3. The first-order valence-corrected chi connectivity index (χ1v) is 7.79. The van der Waals surface area contributed by atoms with Gasteiger partial charge in [-0.05, 0) is 47.7 Å². The highest BCUT2D eigenvalue weighted by Gasteiger charge is 2.07. The van der Waals surface area contributed by atoms with Crippen LogP contribution >= 0.6 is 34.5 Å². The molecule has 0 fully saturated rings. The number of halogens is 2. The molecule has 1 N–H and O–H groups in total. The molecule has 0 saturated heterocycles. The highest BCUT2D eigenvalue weighted by atomic mass is 35.5. The number of nitrogens with one attached hydrogen (secondary N) is 1. The Hall–Kier alpha value is -1.62. The quantitative estimate of drug-likeness (QED) is 0.726. The molecule has 106 valence electrons. The lowest BCUT2D eigenvalue weighted by molar-refractivity contribution is 1.13. The van der Waals surface area contributed by atoms with Gasteiger partial charge in [0, 0.05) is 10.0 Å². The van der Waals surface area contributed by atoms with Crippen molar-refractivity contribution in [3.63, 3.8) is 0 Å². The van der Waals surface area contributed by atoms with Crippen LogP contribution in [-0.4, -0.2) is 9.97 Å². The van der Waals surface area contributed by atoms with Crippen LogP contribution in [-0.2, 0) is 0 Å². The van der Waals surface area contributed by atoms with E-state index in [0.717, 1.165) is 16.0 Å². The van der Waals surface area contributed by atoms with Crippen LogP contribution in [0, 0.1) is 0 Å². The molecule has 0 radical (unpaired) electrons. The van der Waals surface area contributed by atoms with Crippen molar-refractivity contribution in [1.29, 1.82) is 0 Å². The van der Waals surface area contributed by atoms with E-state index in [1.807, 2.05) is 24.4 Å². The van der Waals surface area contributed by atoms with Gasteiger partial charge in [0.05, 0.1) is 5.39 Å². The summed E-state index contributed by atoms with van der Waals surface area (Å²) >= 11 is 13.5. The van der Waals surface area contributed by atoms with E-state index >= 15 is 0 Å². The molecule has 6 heteroatoms. The Balaban J connectivity index is 2.08. The van der Waals surface area contributed by atoms with Crippen LogP contribution in [0.2, 0.25) is 10.0 Å². The molecular formula is C15H10Cl2N2OS. The highest BCUT2D eigenvalue weighted by molar-refractivity contribution is 7.16. The monoisotopic (exact) mass is 336 g/mol. The number of thiophene rings is 1. The van der Waals surface area contributed by atoms with E-state index in [9.17, 15) is 4.79 Å². The molecule has 0 aliphatic rings. The van der Waals surface area contributed by atoms with E-state index in [1.54, 1.807) is 18.2 Å². The molecule has 0 bridgehead atoms. The molecule has 3 nitrogen and oxygen atoms in total. The van der Waals surface area contributed by atoms with Gasteiger partial charge in [0.2, 0.25) is 0 Å². The first-order valence-electron chi connectivity index (χ1n) is 6.16. The summed E-state index contributed by atoms with van der Waals surface area (Å²) in [6, 6.07) is 7.05. The van der Waals surface area contributed by atoms with Gasteiger partial charge < -0.3 is 4.98 Å². The largest absolute Gasteiger partial charge is 0.306 e. The van der Waals surface area contributed by atoms with Crippen LogP contribution in [0.1, 0.15) is 18.3 Å². The van der Waals surface area contributed by atoms with Gasteiger partial charge in [0.15, 0.2) is 0 Å². The Kier molecular flexibility index (Phi) is 3.85. The van der Waals surface area contributed by atoms with Crippen LogP contribution in [0.5, 0.6) is 0 Å². The molecule has 0 unspecified atom stereocenters. The summed E-state index contributed by atoms with van der Waals surface area (Å²) in [5, 5.41) is 3.61. The highest BCUT2D eigenvalue weighted by Crippen LogP contribution is 2.25. The van der Waals surface area contributed by atoms with Crippen molar-refractivity contribution in [3.8, 4) is 0 Å². The molecule has 0 saturated carbocycles. The maximum absolute atomic E-state index is 12.0. The van der Waals surface area contributed by atoms with Gasteiger partial charge >= 0.3 is 0 Å². The van der Waals surface area contributed by atoms with E-state index in [4.69, 9.17) is 23.2 Å². The SMILES string of the molecule is CC(=Cc1ccc(Cl)cc1Cl)c1nc2sccc2c(=O)[nH]1. The van der Waals surface area contributed by atoms with Crippen LogP contribution < -0.4 is 5.56 Å². The third kappa shape index (κ3) is 2.88. The molecule has 1 aromatic carbocycles. The molecule has 0 atom stereocenters. The summed E-state index contributed by atoms with van der Waals surface area (Å²) in [5.74, 6) is 0.543. The molecular weight excluding hydrogens is 327 g/mol. The van der Waals surface area contributed by atoms with Gasteiger partial charge in [-0.25, -0.2) is 4.98 Å². The van der Waals surface area contributed by atoms with Crippen LogP contribution in [0.3, 0.4) is 0 Å². The summed E-state index contributed by atoms with van der Waals surface area (Å²) in [6.07, 6.45) is 1.87. The maximum atomic E-state index is 12.0. The van der Waals surface area contributed by atoms with Crippen molar-refractivity contribution >= 4 is 56.4 Å². The van der Waals surface area contributed by atoms with Crippen molar-refractivity contribution in [2.24, 2.45) is 0 Å². The second-order valence-corrected chi connectivity index (χ2v) is 6.29. The lowest BCUT2D eigenvalue weighted by atomic mass is 10.1. The first kappa shape index (κ1) is 14.3. The Labute approximate surface area is 134 Å². The van der Waals surface area contributed by atoms with E-state index in [0.29, 0.717) is 21.3 Å². The molecule has 0 amide bonds. The second-order valence-electron chi connectivity index (χ2n) is 4.55. The summed E-state index contributed by atoms with van der Waals surface area (Å²) in [5.41, 5.74) is 1.52. The van der Waals surface area contributed by atoms with Gasteiger partial charge in [-0.1, -0.05) is 29.3 Å². The van der Waals surface area contributed by atoms with Crippen molar-refractivity contribution < 1.29 is 0 Å². The minimum Gasteiger partial charge on any atom is -0.306 e. The molecule has 0 aliphatic heterocycles. The predicted octanol–water partition coefficient (Wildman–Crippen LogP) is 4.85. The molecule has 0 aliphatic carbocycles. The fourth-order valence-electron chi connectivity index (χ4n) is 1.97. The number of allylic oxidation sites excluding steroid dienone is 1. The van der Waals surface area contributed by atoms with Gasteiger partial charge in [-0.15, -0.1) is 11.3 Å². The normalized spacial score (nSPS) is 12.0. The molecule has 2 heterocycles. The van der Waals surface area contributed by atoms with E-state index < -0.39 is 0 Å². The molecule has 3 rings (SSSR count). The third-order valence-corrected chi connectivity index (χ3v) is 4.41. The van der Waals surface area contributed by atoms with Crippen LogP contribution in [0.4, 0.5) is 0 Å². The van der Waals surface area contributed by atoms with E-state index in [-0.39, 0.29) is 5.56 Å². The molecule has 0 spiro atoms. The van der Waals surface area contributed by atoms with E-state index in [2.05, 4.69) is 9.97 Å². The number of nitrogens with zero attached hydrogens (tertiary/aromatic N) is 1. The number of aromatic amines is 1. The lowest BCUT2D eigenvalue weighted by Crippen LogP contribution is -2.09. The summed E-state index contributed by atoms with van der Waals surface area (Å²) < 4.78 is 0.